The summed E-state index contributed by atoms with van der Waals surface area (Å²) < 4.78 is 6.26. The zero-order chi connectivity index (χ0) is 20.6. The number of aryl methyl sites for hydroxylation is 1. The van der Waals surface area contributed by atoms with Gasteiger partial charge in [-0.3, -0.25) is 20.4 Å². The van der Waals surface area contributed by atoms with E-state index in [0.29, 0.717) is 5.75 Å². The highest BCUT2D eigenvalue weighted by Gasteiger charge is 2.07. The summed E-state index contributed by atoms with van der Waals surface area (Å²) in [6.07, 6.45) is 4.01. The first-order valence-electron chi connectivity index (χ1n) is 9.22. The molecule has 5 nitrogen and oxygen atoms in total. The molecule has 0 saturated heterocycles. The van der Waals surface area contributed by atoms with Gasteiger partial charge in [0, 0.05) is 6.08 Å². The minimum Gasteiger partial charge on any atom is -0.483 e. The van der Waals surface area contributed by atoms with E-state index in [2.05, 4.69) is 33.7 Å². The third-order valence-electron chi connectivity index (χ3n) is 4.33. The van der Waals surface area contributed by atoms with E-state index in [1.165, 1.54) is 11.6 Å². The highest BCUT2D eigenvalue weighted by Crippen LogP contribution is 2.26. The lowest BCUT2D eigenvalue weighted by Gasteiger charge is -2.10. The van der Waals surface area contributed by atoms with E-state index >= 15 is 0 Å². The van der Waals surface area contributed by atoms with Crippen molar-refractivity contribution in [3.05, 3.63) is 82.3 Å². The molecule has 0 aliphatic rings. The van der Waals surface area contributed by atoms with Gasteiger partial charge in [-0.1, -0.05) is 55.5 Å². The molecule has 0 aliphatic heterocycles. The lowest BCUT2D eigenvalue weighted by molar-refractivity contribution is -0.128. The second-order valence-corrected chi connectivity index (χ2v) is 7.20. The van der Waals surface area contributed by atoms with Gasteiger partial charge in [0.1, 0.15) is 5.75 Å². The van der Waals surface area contributed by atoms with Gasteiger partial charge in [0.25, 0.3) is 11.8 Å². The summed E-state index contributed by atoms with van der Waals surface area (Å²) in [6.45, 7) is 1.85. The van der Waals surface area contributed by atoms with E-state index in [9.17, 15) is 9.59 Å². The molecule has 3 rings (SSSR count). The van der Waals surface area contributed by atoms with Crippen LogP contribution in [0.15, 0.2) is 71.2 Å². The number of nitrogens with one attached hydrogen (secondary N) is 2. The number of carbonyl (C=O) groups excluding carboxylic acids is 2. The summed E-state index contributed by atoms with van der Waals surface area (Å²) in [4.78, 5) is 23.9. The fourth-order valence-electron chi connectivity index (χ4n) is 2.79. The maximum Gasteiger partial charge on any atom is 0.276 e. The van der Waals surface area contributed by atoms with Crippen LogP contribution in [0.2, 0.25) is 0 Å². The molecule has 0 saturated carbocycles. The van der Waals surface area contributed by atoms with Crippen molar-refractivity contribution >= 4 is 44.6 Å². The molecule has 6 heteroatoms. The van der Waals surface area contributed by atoms with E-state index in [-0.39, 0.29) is 6.61 Å². The Kier molecular flexibility index (Phi) is 7.03. The lowest BCUT2D eigenvalue weighted by atomic mass is 10.0. The predicted octanol–water partition coefficient (Wildman–Crippen LogP) is 4.40. The fraction of sp³-hybridized carbons (Fsp3) is 0.130. The molecule has 2 N–H and O–H groups in total. The molecule has 3 aromatic rings. The molecule has 0 bridgehead atoms. The van der Waals surface area contributed by atoms with Gasteiger partial charge in [-0.25, -0.2) is 0 Å². The minimum absolute atomic E-state index is 0.211. The zero-order valence-corrected chi connectivity index (χ0v) is 17.5. The average molecular weight is 453 g/mol. The molecular formula is C23H21BrN2O3. The van der Waals surface area contributed by atoms with Crippen molar-refractivity contribution in [2.24, 2.45) is 0 Å². The third kappa shape index (κ3) is 5.68. The Morgan fingerprint density at radius 1 is 1.03 bits per heavy atom. The SMILES string of the molecule is CCc1ccc(OCC(=O)NNC(=O)C=Cc2cccc3ccccc23)c(Br)c1. The van der Waals surface area contributed by atoms with Gasteiger partial charge in [-0.2, -0.15) is 0 Å². The zero-order valence-electron chi connectivity index (χ0n) is 15.9. The summed E-state index contributed by atoms with van der Waals surface area (Å²) in [5.41, 5.74) is 6.78. The van der Waals surface area contributed by atoms with Crippen molar-refractivity contribution in [2.45, 2.75) is 13.3 Å². The van der Waals surface area contributed by atoms with Crippen molar-refractivity contribution in [3.63, 3.8) is 0 Å². The monoisotopic (exact) mass is 452 g/mol. The van der Waals surface area contributed by atoms with Crippen molar-refractivity contribution in [1.82, 2.24) is 10.9 Å². The summed E-state index contributed by atoms with van der Waals surface area (Å²) in [7, 11) is 0. The van der Waals surface area contributed by atoms with Crippen molar-refractivity contribution in [3.8, 4) is 5.75 Å². The maximum absolute atomic E-state index is 12.0. The molecule has 0 heterocycles. The average Bonchev–Trinajstić information content (AvgIpc) is 2.75. The summed E-state index contributed by atoms with van der Waals surface area (Å²) in [6, 6.07) is 19.5. The van der Waals surface area contributed by atoms with Crippen LogP contribution in [-0.4, -0.2) is 18.4 Å². The smallest absolute Gasteiger partial charge is 0.276 e. The maximum atomic E-state index is 12.0. The molecule has 3 aromatic carbocycles. The van der Waals surface area contributed by atoms with Crippen molar-refractivity contribution in [1.29, 1.82) is 0 Å². The molecule has 0 atom stereocenters. The molecule has 29 heavy (non-hydrogen) atoms. The minimum atomic E-state index is -0.455. The number of ether oxygens (including phenoxy) is 1. The highest BCUT2D eigenvalue weighted by molar-refractivity contribution is 9.10. The van der Waals surface area contributed by atoms with Gasteiger partial charge in [0.2, 0.25) is 0 Å². The van der Waals surface area contributed by atoms with Gasteiger partial charge < -0.3 is 4.74 Å². The van der Waals surface area contributed by atoms with Crippen molar-refractivity contribution < 1.29 is 14.3 Å². The highest BCUT2D eigenvalue weighted by atomic mass is 79.9. The number of benzene rings is 3. The van der Waals surface area contributed by atoms with E-state index in [0.717, 1.165) is 27.2 Å². The molecule has 2 amide bonds. The standard InChI is InChI=1S/C23H21BrN2O3/c1-2-16-10-12-21(20(24)14-16)29-15-23(28)26-25-22(27)13-11-18-8-5-7-17-6-3-4-9-19(17)18/h3-14H,2,15H2,1H3,(H,25,27)(H,26,28). The number of hydrogen-bond donors (Lipinski definition) is 2. The Morgan fingerprint density at radius 3 is 2.62 bits per heavy atom. The first-order valence-corrected chi connectivity index (χ1v) is 10.0. The number of carbonyl (C=O) groups is 2. The molecule has 0 radical (unpaired) electrons. The Morgan fingerprint density at radius 2 is 1.83 bits per heavy atom. The van der Waals surface area contributed by atoms with Gasteiger partial charge in [0.05, 0.1) is 4.47 Å². The predicted molar refractivity (Wildman–Crippen MR) is 118 cm³/mol. The summed E-state index contributed by atoms with van der Waals surface area (Å²) >= 11 is 3.42. The van der Waals surface area contributed by atoms with E-state index < -0.39 is 11.8 Å². The first-order chi connectivity index (χ1) is 14.1. The number of hydrogen-bond acceptors (Lipinski definition) is 3. The molecule has 148 valence electrons. The van der Waals surface area contributed by atoms with Crippen LogP contribution in [0, 0.1) is 0 Å². The summed E-state index contributed by atoms with van der Waals surface area (Å²) in [5.74, 6) is -0.317. The lowest BCUT2D eigenvalue weighted by Crippen LogP contribution is -2.43. The Labute approximate surface area is 177 Å². The number of hydrazine groups is 1. The number of rotatable bonds is 6. The Hall–Kier alpha value is -3.12. The van der Waals surface area contributed by atoms with E-state index in [4.69, 9.17) is 4.74 Å². The van der Waals surface area contributed by atoms with Crippen molar-refractivity contribution in [2.75, 3.05) is 6.61 Å². The molecule has 0 spiro atoms. The van der Waals surface area contributed by atoms with Crippen LogP contribution in [0.1, 0.15) is 18.1 Å². The number of fused-ring (bicyclic) bond motifs is 1. The van der Waals surface area contributed by atoms with E-state index in [1.54, 1.807) is 6.08 Å². The second kappa shape index (κ2) is 9.89. The fourth-order valence-corrected chi connectivity index (χ4v) is 3.34. The normalized spacial score (nSPS) is 10.8. The first kappa shape index (κ1) is 20.6. The molecule has 0 unspecified atom stereocenters. The number of halogens is 1. The largest absolute Gasteiger partial charge is 0.483 e. The molecular weight excluding hydrogens is 432 g/mol. The molecule has 0 aliphatic carbocycles. The summed E-state index contributed by atoms with van der Waals surface area (Å²) in [5, 5.41) is 2.15. The molecule has 0 fully saturated rings. The van der Waals surface area contributed by atoms with Crippen LogP contribution in [-0.2, 0) is 16.0 Å². The molecule has 0 aromatic heterocycles. The van der Waals surface area contributed by atoms with Gasteiger partial charge in [-0.15, -0.1) is 0 Å². The van der Waals surface area contributed by atoms with Gasteiger partial charge in [0.15, 0.2) is 6.61 Å². The number of amides is 2. The van der Waals surface area contributed by atoms with Crippen LogP contribution in [0.5, 0.6) is 5.75 Å². The van der Waals surface area contributed by atoms with Crippen LogP contribution in [0.4, 0.5) is 0 Å². The second-order valence-electron chi connectivity index (χ2n) is 6.35. The van der Waals surface area contributed by atoms with Crippen LogP contribution in [0.3, 0.4) is 0 Å². The van der Waals surface area contributed by atoms with Crippen LogP contribution < -0.4 is 15.6 Å². The third-order valence-corrected chi connectivity index (χ3v) is 4.95. The van der Waals surface area contributed by atoms with Gasteiger partial charge >= 0.3 is 0 Å². The van der Waals surface area contributed by atoms with Gasteiger partial charge in [-0.05, 0) is 62.5 Å². The quantitative estimate of drug-likeness (QED) is 0.430. The Bertz CT molecular complexity index is 1060. The van der Waals surface area contributed by atoms with E-state index in [1.807, 2.05) is 60.7 Å². The topological polar surface area (TPSA) is 67.4 Å². The Balaban J connectivity index is 1.50. The van der Waals surface area contributed by atoms with Crippen LogP contribution >= 0.6 is 15.9 Å². The van der Waals surface area contributed by atoms with Crippen LogP contribution in [0.25, 0.3) is 16.8 Å².